The maximum absolute atomic E-state index is 12.0. The van der Waals surface area contributed by atoms with E-state index in [-0.39, 0.29) is 5.41 Å². The summed E-state index contributed by atoms with van der Waals surface area (Å²) in [5, 5.41) is 10.4. The quantitative estimate of drug-likeness (QED) is 0.746. The van der Waals surface area contributed by atoms with Crippen molar-refractivity contribution in [3.05, 3.63) is 42.5 Å². The van der Waals surface area contributed by atoms with Gasteiger partial charge in [-0.15, -0.1) is 0 Å². The van der Waals surface area contributed by atoms with Crippen LogP contribution in [0.2, 0.25) is 0 Å². The van der Waals surface area contributed by atoms with Gasteiger partial charge in [0.1, 0.15) is 5.75 Å². The highest BCUT2D eigenvalue weighted by Crippen LogP contribution is 2.41. The van der Waals surface area contributed by atoms with Gasteiger partial charge in [-0.25, -0.2) is 0 Å². The van der Waals surface area contributed by atoms with E-state index in [1.807, 2.05) is 43.3 Å². The lowest BCUT2D eigenvalue weighted by molar-refractivity contribution is 0.337. The molecule has 138 valence electrons. The smallest absolute Gasteiger partial charge is 0.142 e. The molecule has 1 atom stereocenters. The number of nitrogens with one attached hydrogen (secondary N) is 1. The zero-order valence-electron chi connectivity index (χ0n) is 15.6. The number of nitriles is 1. The van der Waals surface area contributed by atoms with Gasteiger partial charge in [-0.3, -0.25) is 4.21 Å². The summed E-state index contributed by atoms with van der Waals surface area (Å²) in [5.74, 6) is 0.788. The Morgan fingerprint density at radius 2 is 2.04 bits per heavy atom. The number of benzene rings is 2. The summed E-state index contributed by atoms with van der Waals surface area (Å²) in [6.45, 7) is 3.36. The van der Waals surface area contributed by atoms with Gasteiger partial charge in [-0.2, -0.15) is 5.26 Å². The number of para-hydroxylation sites is 1. The van der Waals surface area contributed by atoms with Crippen molar-refractivity contribution >= 4 is 27.4 Å². The standard InChI is InChI=1S/C21H21N3O2S/c1-21(11-22)12-24(13-21)18-8-7-15(27(3)25)10-16(18)17-9-14-5-4-6-19(26-2)20(14)23-17/h4-10,23H,12-13H2,1-3H3/t27-/m1/s1. The molecule has 0 radical (unpaired) electrons. The van der Waals surface area contributed by atoms with Gasteiger partial charge in [0.15, 0.2) is 0 Å². The molecule has 1 N–H and O–H groups in total. The number of rotatable bonds is 4. The van der Waals surface area contributed by atoms with Crippen LogP contribution in [0.5, 0.6) is 5.75 Å². The van der Waals surface area contributed by atoms with Crippen molar-refractivity contribution in [2.24, 2.45) is 5.41 Å². The van der Waals surface area contributed by atoms with Gasteiger partial charge in [0.25, 0.3) is 0 Å². The first-order valence-corrected chi connectivity index (χ1v) is 10.3. The Bertz CT molecular complexity index is 1090. The van der Waals surface area contributed by atoms with Gasteiger partial charge in [-0.1, -0.05) is 12.1 Å². The first-order chi connectivity index (χ1) is 12.9. The van der Waals surface area contributed by atoms with Crippen molar-refractivity contribution in [1.29, 1.82) is 5.26 Å². The average molecular weight is 379 g/mol. The van der Waals surface area contributed by atoms with E-state index in [2.05, 4.69) is 22.0 Å². The molecule has 0 amide bonds. The lowest BCUT2D eigenvalue weighted by Crippen LogP contribution is -2.54. The number of ether oxygens (including phenoxy) is 1. The molecule has 1 aromatic heterocycles. The lowest BCUT2D eigenvalue weighted by Gasteiger charge is -2.45. The highest BCUT2D eigenvalue weighted by molar-refractivity contribution is 7.84. The minimum Gasteiger partial charge on any atom is -0.495 e. The van der Waals surface area contributed by atoms with Gasteiger partial charge in [0.2, 0.25) is 0 Å². The van der Waals surface area contributed by atoms with Crippen LogP contribution in [0.3, 0.4) is 0 Å². The normalized spacial score (nSPS) is 16.6. The molecule has 3 aromatic rings. The zero-order valence-corrected chi connectivity index (χ0v) is 16.4. The molecule has 0 aliphatic carbocycles. The number of aromatic nitrogens is 1. The van der Waals surface area contributed by atoms with E-state index in [4.69, 9.17) is 4.74 Å². The Hall–Kier alpha value is -2.78. The second kappa shape index (κ2) is 6.43. The summed E-state index contributed by atoms with van der Waals surface area (Å²) in [7, 11) is 0.589. The van der Waals surface area contributed by atoms with Crippen LogP contribution >= 0.6 is 0 Å². The van der Waals surface area contributed by atoms with Gasteiger partial charge < -0.3 is 14.6 Å². The Balaban J connectivity index is 1.84. The van der Waals surface area contributed by atoms with Crippen molar-refractivity contribution in [2.75, 3.05) is 31.4 Å². The molecule has 27 heavy (non-hydrogen) atoms. The van der Waals surface area contributed by atoms with Crippen molar-refractivity contribution in [1.82, 2.24) is 4.98 Å². The molecule has 0 spiro atoms. The van der Waals surface area contributed by atoms with Crippen LogP contribution in [0.4, 0.5) is 5.69 Å². The topological polar surface area (TPSA) is 69.1 Å². The van der Waals surface area contributed by atoms with Gasteiger partial charge >= 0.3 is 0 Å². The van der Waals surface area contributed by atoms with Crippen LogP contribution < -0.4 is 9.64 Å². The highest BCUT2D eigenvalue weighted by Gasteiger charge is 2.40. The van der Waals surface area contributed by atoms with Crippen molar-refractivity contribution in [3.8, 4) is 23.1 Å². The summed E-state index contributed by atoms with van der Waals surface area (Å²) in [6, 6.07) is 16.3. The molecule has 2 aromatic carbocycles. The predicted molar refractivity (Wildman–Crippen MR) is 109 cm³/mol. The minimum atomic E-state index is -1.07. The van der Waals surface area contributed by atoms with E-state index in [1.54, 1.807) is 13.4 Å². The molecule has 1 saturated heterocycles. The number of aromatic amines is 1. The van der Waals surface area contributed by atoms with Crippen LogP contribution in [0.15, 0.2) is 47.4 Å². The van der Waals surface area contributed by atoms with Crippen molar-refractivity contribution in [3.63, 3.8) is 0 Å². The molecule has 0 saturated carbocycles. The molecule has 1 aliphatic rings. The van der Waals surface area contributed by atoms with Gasteiger partial charge in [0, 0.05) is 57.4 Å². The highest BCUT2D eigenvalue weighted by atomic mass is 32.2. The number of nitrogens with zero attached hydrogens (tertiary/aromatic N) is 2. The number of hydrogen-bond acceptors (Lipinski definition) is 4. The van der Waals surface area contributed by atoms with Gasteiger partial charge in [-0.05, 0) is 37.3 Å². The molecule has 1 aliphatic heterocycles. The Labute approximate surface area is 161 Å². The maximum Gasteiger partial charge on any atom is 0.142 e. The lowest BCUT2D eigenvalue weighted by atomic mass is 9.83. The maximum atomic E-state index is 12.0. The van der Waals surface area contributed by atoms with Crippen molar-refractivity contribution < 1.29 is 8.95 Å². The van der Waals surface area contributed by atoms with Crippen LogP contribution in [-0.2, 0) is 10.8 Å². The Morgan fingerprint density at radius 3 is 2.70 bits per heavy atom. The van der Waals surface area contributed by atoms with Crippen LogP contribution in [0, 0.1) is 16.7 Å². The average Bonchev–Trinajstić information content (AvgIpc) is 3.09. The molecule has 2 heterocycles. The first-order valence-electron chi connectivity index (χ1n) is 8.74. The predicted octanol–water partition coefficient (Wildman–Crippen LogP) is 3.93. The molecule has 1 fully saturated rings. The second-order valence-electron chi connectivity index (χ2n) is 7.27. The number of hydrogen-bond donors (Lipinski definition) is 1. The fourth-order valence-corrected chi connectivity index (χ4v) is 4.21. The summed E-state index contributed by atoms with van der Waals surface area (Å²) < 4.78 is 17.5. The third kappa shape index (κ3) is 2.98. The molecule has 4 rings (SSSR count). The Kier molecular flexibility index (Phi) is 4.20. The minimum absolute atomic E-state index is 0.312. The summed E-state index contributed by atoms with van der Waals surface area (Å²) >= 11 is 0. The SMILES string of the molecule is COc1cccc2cc(-c3cc([S@@](C)=O)ccc3N3CC(C)(C#N)C3)[nH]c12. The van der Waals surface area contributed by atoms with E-state index in [0.29, 0.717) is 13.1 Å². The zero-order chi connectivity index (χ0) is 19.2. The van der Waals surface area contributed by atoms with Gasteiger partial charge in [0.05, 0.1) is 24.1 Å². The van der Waals surface area contributed by atoms with E-state index in [9.17, 15) is 9.47 Å². The van der Waals surface area contributed by atoms with E-state index in [1.165, 1.54) is 0 Å². The van der Waals surface area contributed by atoms with Crippen LogP contribution in [0.1, 0.15) is 6.92 Å². The first kappa shape index (κ1) is 17.6. The van der Waals surface area contributed by atoms with Crippen LogP contribution in [-0.4, -0.2) is 35.6 Å². The molecular formula is C21H21N3O2S. The van der Waals surface area contributed by atoms with Crippen molar-refractivity contribution in [2.45, 2.75) is 11.8 Å². The molecule has 5 nitrogen and oxygen atoms in total. The fraction of sp³-hybridized carbons (Fsp3) is 0.286. The Morgan fingerprint density at radius 1 is 1.26 bits per heavy atom. The summed E-state index contributed by atoms with van der Waals surface area (Å²) in [4.78, 5) is 6.44. The van der Waals surface area contributed by atoms with E-state index >= 15 is 0 Å². The van der Waals surface area contributed by atoms with E-state index in [0.717, 1.165) is 38.5 Å². The molecule has 6 heteroatoms. The molecule has 0 unspecified atom stereocenters. The summed E-state index contributed by atoms with van der Waals surface area (Å²) in [5.41, 5.74) is 3.60. The van der Waals surface area contributed by atoms with Crippen LogP contribution in [0.25, 0.3) is 22.2 Å². The largest absolute Gasteiger partial charge is 0.495 e. The second-order valence-corrected chi connectivity index (χ2v) is 8.65. The number of H-pyrrole nitrogens is 1. The fourth-order valence-electron chi connectivity index (χ4n) is 3.67. The summed E-state index contributed by atoms with van der Waals surface area (Å²) in [6.07, 6.45) is 1.68. The molecule has 0 bridgehead atoms. The molecular weight excluding hydrogens is 358 g/mol. The number of fused-ring (bicyclic) bond motifs is 1. The third-order valence-electron chi connectivity index (χ3n) is 5.12. The monoisotopic (exact) mass is 379 g/mol. The third-order valence-corrected chi connectivity index (χ3v) is 6.04. The van der Waals surface area contributed by atoms with E-state index < -0.39 is 10.8 Å². The number of methoxy groups -OCH3 is 1. The number of anilines is 1.